The molecule has 9 heteroatoms. The Balaban J connectivity index is 1.51. The summed E-state index contributed by atoms with van der Waals surface area (Å²) in [4.78, 5) is 39.9. The largest absolute Gasteiger partial charge is 0.353 e. The van der Waals surface area contributed by atoms with Gasteiger partial charge >= 0.3 is 6.03 Å². The van der Waals surface area contributed by atoms with Gasteiger partial charge in [-0.25, -0.2) is 4.79 Å². The van der Waals surface area contributed by atoms with E-state index in [1.54, 1.807) is 11.7 Å². The molecule has 2 fully saturated rings. The van der Waals surface area contributed by atoms with Crippen molar-refractivity contribution >= 4 is 23.7 Å². The van der Waals surface area contributed by atoms with E-state index in [1.807, 2.05) is 19.3 Å². The normalized spacial score (nSPS) is 21.5. The minimum Gasteiger partial charge on any atom is -0.353 e. The van der Waals surface area contributed by atoms with Crippen LogP contribution in [0.25, 0.3) is 0 Å². The Kier molecular flexibility index (Phi) is 3.93. The molecule has 1 unspecified atom stereocenters. The van der Waals surface area contributed by atoms with Crippen LogP contribution >= 0.6 is 0 Å². The molecule has 0 bridgehead atoms. The van der Waals surface area contributed by atoms with E-state index >= 15 is 0 Å². The highest BCUT2D eigenvalue weighted by atomic mass is 16.2. The monoisotopic (exact) mass is 320 g/mol. The zero-order chi connectivity index (χ0) is 16.6. The van der Waals surface area contributed by atoms with Crippen LogP contribution in [0.1, 0.15) is 6.42 Å². The third-order valence-electron chi connectivity index (χ3n) is 4.11. The Morgan fingerprint density at radius 1 is 1.39 bits per heavy atom. The number of carbonyl (C=O) groups is 3. The van der Waals surface area contributed by atoms with Crippen LogP contribution in [0.5, 0.6) is 0 Å². The second kappa shape index (κ2) is 5.90. The lowest BCUT2D eigenvalue weighted by atomic mass is 10.2. The zero-order valence-electron chi connectivity index (χ0n) is 13.2. The number of likely N-dealkylation sites (N-methyl/N-ethyl adjacent to an activating group) is 1. The van der Waals surface area contributed by atoms with Gasteiger partial charge in [-0.2, -0.15) is 5.10 Å². The Labute approximate surface area is 133 Å². The third-order valence-corrected chi connectivity index (χ3v) is 4.11. The molecule has 0 saturated carbocycles. The van der Waals surface area contributed by atoms with Gasteiger partial charge in [-0.1, -0.05) is 0 Å². The van der Waals surface area contributed by atoms with Crippen LogP contribution in [0.4, 0.5) is 10.6 Å². The van der Waals surface area contributed by atoms with Gasteiger partial charge in [-0.05, 0) is 6.42 Å². The lowest BCUT2D eigenvalue weighted by Gasteiger charge is -2.18. The van der Waals surface area contributed by atoms with Crippen molar-refractivity contribution in [3.63, 3.8) is 0 Å². The van der Waals surface area contributed by atoms with Crippen LogP contribution in [0.15, 0.2) is 12.3 Å². The number of hydrogen-bond donors (Lipinski definition) is 1. The summed E-state index contributed by atoms with van der Waals surface area (Å²) in [6.45, 7) is 1.29. The third kappa shape index (κ3) is 3.13. The van der Waals surface area contributed by atoms with Crippen molar-refractivity contribution in [3.8, 4) is 0 Å². The Morgan fingerprint density at radius 2 is 2.17 bits per heavy atom. The van der Waals surface area contributed by atoms with Gasteiger partial charge in [0.25, 0.3) is 5.91 Å². The second-order valence-corrected chi connectivity index (χ2v) is 5.97. The predicted molar refractivity (Wildman–Crippen MR) is 81.7 cm³/mol. The maximum absolute atomic E-state index is 12.1. The summed E-state index contributed by atoms with van der Waals surface area (Å²) in [5, 5.41) is 7.23. The van der Waals surface area contributed by atoms with E-state index in [0.717, 1.165) is 23.7 Å². The molecule has 0 radical (unpaired) electrons. The first kappa shape index (κ1) is 15.3. The number of rotatable bonds is 4. The number of aromatic nitrogens is 2. The molecule has 9 nitrogen and oxygen atoms in total. The molecule has 3 heterocycles. The molecule has 4 amide bonds. The molecule has 124 valence electrons. The first-order valence-corrected chi connectivity index (χ1v) is 7.53. The van der Waals surface area contributed by atoms with Crippen molar-refractivity contribution in [2.75, 3.05) is 38.1 Å². The summed E-state index contributed by atoms with van der Waals surface area (Å²) in [6, 6.07) is 1.50. The predicted octanol–water partition coefficient (Wildman–Crippen LogP) is -0.991. The van der Waals surface area contributed by atoms with Crippen molar-refractivity contribution in [3.05, 3.63) is 12.3 Å². The molecule has 1 N–H and O–H groups in total. The molecule has 2 aliphatic heterocycles. The number of aryl methyl sites for hydroxylation is 1. The standard InChI is InChI=1S/C14H20N6O3/c1-17-9-13(22)20(14(17)23)8-12(21)15-10-3-6-19(7-10)11-4-5-18(2)16-11/h4-5,10H,3,6-9H2,1-2H3,(H,15,21). The lowest BCUT2D eigenvalue weighted by Crippen LogP contribution is -2.45. The molecule has 1 atom stereocenters. The fourth-order valence-corrected chi connectivity index (χ4v) is 2.90. The van der Waals surface area contributed by atoms with Crippen molar-refractivity contribution in [2.45, 2.75) is 12.5 Å². The quantitative estimate of drug-likeness (QED) is 0.719. The van der Waals surface area contributed by atoms with Crippen LogP contribution in [-0.2, 0) is 16.6 Å². The molecule has 2 saturated heterocycles. The van der Waals surface area contributed by atoms with E-state index in [4.69, 9.17) is 0 Å². The number of amides is 4. The smallest absolute Gasteiger partial charge is 0.327 e. The minimum atomic E-state index is -0.424. The van der Waals surface area contributed by atoms with Crippen LogP contribution in [0.3, 0.4) is 0 Å². The van der Waals surface area contributed by atoms with Crippen molar-refractivity contribution in [1.29, 1.82) is 0 Å². The molecule has 0 aromatic carbocycles. The van der Waals surface area contributed by atoms with Gasteiger partial charge in [-0.15, -0.1) is 0 Å². The van der Waals surface area contributed by atoms with Gasteiger partial charge < -0.3 is 15.1 Å². The van der Waals surface area contributed by atoms with Gasteiger partial charge in [0.05, 0.1) is 0 Å². The average molecular weight is 320 g/mol. The van der Waals surface area contributed by atoms with Gasteiger partial charge in [0.15, 0.2) is 5.82 Å². The minimum absolute atomic E-state index is 0.00459. The van der Waals surface area contributed by atoms with Crippen LogP contribution in [0.2, 0.25) is 0 Å². The number of anilines is 1. The summed E-state index contributed by atoms with van der Waals surface area (Å²) in [5.41, 5.74) is 0. The molecule has 3 rings (SSSR count). The fraction of sp³-hybridized carbons (Fsp3) is 0.571. The fourth-order valence-electron chi connectivity index (χ4n) is 2.90. The molecular formula is C14H20N6O3. The van der Waals surface area contributed by atoms with Crippen molar-refractivity contribution < 1.29 is 14.4 Å². The first-order chi connectivity index (χ1) is 10.9. The molecule has 1 aromatic rings. The first-order valence-electron chi connectivity index (χ1n) is 7.53. The van der Waals surface area contributed by atoms with Crippen LogP contribution in [0, 0.1) is 0 Å². The summed E-state index contributed by atoms with van der Waals surface area (Å²) < 4.78 is 1.74. The molecule has 0 spiro atoms. The molecule has 2 aliphatic rings. The Bertz CT molecular complexity index is 642. The SMILES string of the molecule is CN1CC(=O)N(CC(=O)NC2CCN(c3ccn(C)n3)C2)C1=O. The number of urea groups is 1. The van der Waals surface area contributed by atoms with Crippen LogP contribution in [-0.4, -0.2) is 76.7 Å². The van der Waals surface area contributed by atoms with E-state index < -0.39 is 6.03 Å². The molecular weight excluding hydrogens is 300 g/mol. The summed E-state index contributed by atoms with van der Waals surface area (Å²) in [6.07, 6.45) is 2.69. The van der Waals surface area contributed by atoms with Crippen molar-refractivity contribution in [2.24, 2.45) is 7.05 Å². The molecule has 0 aliphatic carbocycles. The zero-order valence-corrected chi connectivity index (χ0v) is 13.2. The van der Waals surface area contributed by atoms with Gasteiger partial charge in [0, 0.05) is 45.5 Å². The maximum atomic E-state index is 12.1. The van der Waals surface area contributed by atoms with E-state index in [0.29, 0.717) is 6.54 Å². The van der Waals surface area contributed by atoms with Gasteiger partial charge in [-0.3, -0.25) is 19.2 Å². The number of imide groups is 1. The van der Waals surface area contributed by atoms with Gasteiger partial charge in [0.2, 0.25) is 5.91 Å². The second-order valence-electron chi connectivity index (χ2n) is 5.97. The average Bonchev–Trinajstić information content (AvgIpc) is 3.17. The summed E-state index contributed by atoms with van der Waals surface area (Å²) >= 11 is 0. The molecule has 23 heavy (non-hydrogen) atoms. The summed E-state index contributed by atoms with van der Waals surface area (Å²) in [5.74, 6) is 0.236. The Hall–Kier alpha value is -2.58. The number of nitrogens with zero attached hydrogens (tertiary/aromatic N) is 5. The van der Waals surface area contributed by atoms with Crippen LogP contribution < -0.4 is 10.2 Å². The van der Waals surface area contributed by atoms with E-state index in [-0.39, 0.29) is 30.9 Å². The van der Waals surface area contributed by atoms with E-state index in [2.05, 4.69) is 15.3 Å². The van der Waals surface area contributed by atoms with Gasteiger partial charge in [0.1, 0.15) is 13.1 Å². The van der Waals surface area contributed by atoms with E-state index in [1.165, 1.54) is 4.90 Å². The highest BCUT2D eigenvalue weighted by molar-refractivity contribution is 6.04. The lowest BCUT2D eigenvalue weighted by molar-refractivity contribution is -0.131. The highest BCUT2D eigenvalue weighted by Gasteiger charge is 2.35. The number of carbonyl (C=O) groups excluding carboxylic acids is 3. The number of hydrogen-bond acceptors (Lipinski definition) is 5. The highest BCUT2D eigenvalue weighted by Crippen LogP contribution is 2.17. The maximum Gasteiger partial charge on any atom is 0.327 e. The molecule has 1 aromatic heterocycles. The summed E-state index contributed by atoms with van der Waals surface area (Å²) in [7, 11) is 3.40. The van der Waals surface area contributed by atoms with Crippen molar-refractivity contribution in [1.82, 2.24) is 24.9 Å². The Morgan fingerprint density at radius 3 is 2.78 bits per heavy atom. The topological polar surface area (TPSA) is 90.8 Å². The van der Waals surface area contributed by atoms with E-state index in [9.17, 15) is 14.4 Å². The number of nitrogens with one attached hydrogen (secondary N) is 1.